The van der Waals surface area contributed by atoms with Crippen LogP contribution in [0.4, 0.5) is 0 Å². The summed E-state index contributed by atoms with van der Waals surface area (Å²) in [6.07, 6.45) is 1.92. The summed E-state index contributed by atoms with van der Waals surface area (Å²) in [5.74, 6) is 2.51. The van der Waals surface area contributed by atoms with Gasteiger partial charge in [-0.1, -0.05) is 13.8 Å². The van der Waals surface area contributed by atoms with E-state index >= 15 is 0 Å². The van der Waals surface area contributed by atoms with Crippen molar-refractivity contribution >= 4 is 17.7 Å². The zero-order valence-corrected chi connectivity index (χ0v) is 10.1. The average molecular weight is 219 g/mol. The SMILES string of the molecule is COC(=O)C(N)CCSCCC(C)C. The fourth-order valence-electron chi connectivity index (χ4n) is 0.901. The van der Waals surface area contributed by atoms with Crippen molar-refractivity contribution in [2.75, 3.05) is 18.6 Å². The van der Waals surface area contributed by atoms with E-state index in [1.165, 1.54) is 13.5 Å². The molecule has 0 rings (SSSR count). The van der Waals surface area contributed by atoms with Gasteiger partial charge in [0.2, 0.25) is 0 Å². The van der Waals surface area contributed by atoms with Gasteiger partial charge < -0.3 is 10.5 Å². The van der Waals surface area contributed by atoms with Crippen LogP contribution in [0.15, 0.2) is 0 Å². The molecule has 0 saturated carbocycles. The molecular formula is C10H21NO2S. The monoisotopic (exact) mass is 219 g/mol. The molecule has 1 atom stereocenters. The standard InChI is InChI=1S/C10H21NO2S/c1-8(2)4-6-14-7-5-9(11)10(12)13-3/h8-9H,4-7,11H2,1-3H3. The minimum Gasteiger partial charge on any atom is -0.468 e. The molecule has 2 N–H and O–H groups in total. The van der Waals surface area contributed by atoms with E-state index in [9.17, 15) is 4.79 Å². The molecule has 0 saturated heterocycles. The van der Waals surface area contributed by atoms with Gasteiger partial charge in [0, 0.05) is 0 Å². The highest BCUT2D eigenvalue weighted by Gasteiger charge is 2.12. The van der Waals surface area contributed by atoms with Crippen molar-refractivity contribution in [2.45, 2.75) is 32.7 Å². The number of rotatable bonds is 7. The molecule has 0 heterocycles. The summed E-state index contributed by atoms with van der Waals surface area (Å²) in [5, 5.41) is 0. The second-order valence-corrected chi connectivity index (χ2v) is 4.94. The average Bonchev–Trinajstić information content (AvgIpc) is 2.15. The molecule has 0 aliphatic heterocycles. The predicted molar refractivity (Wildman–Crippen MR) is 61.4 cm³/mol. The van der Waals surface area contributed by atoms with Gasteiger partial charge in [-0.25, -0.2) is 0 Å². The Morgan fingerprint density at radius 1 is 1.36 bits per heavy atom. The van der Waals surface area contributed by atoms with Gasteiger partial charge in [0.05, 0.1) is 7.11 Å². The van der Waals surface area contributed by atoms with Crippen LogP contribution in [-0.4, -0.2) is 30.6 Å². The molecule has 0 aromatic rings. The highest BCUT2D eigenvalue weighted by molar-refractivity contribution is 7.99. The molecule has 14 heavy (non-hydrogen) atoms. The smallest absolute Gasteiger partial charge is 0.322 e. The molecule has 0 aromatic carbocycles. The number of hydrogen-bond acceptors (Lipinski definition) is 4. The molecular weight excluding hydrogens is 198 g/mol. The van der Waals surface area contributed by atoms with E-state index in [0.29, 0.717) is 6.42 Å². The second kappa shape index (κ2) is 8.12. The summed E-state index contributed by atoms with van der Waals surface area (Å²) in [7, 11) is 1.37. The molecule has 0 amide bonds. The van der Waals surface area contributed by atoms with Gasteiger partial charge in [-0.2, -0.15) is 11.8 Å². The minimum atomic E-state index is -0.452. The molecule has 0 aliphatic rings. The molecule has 0 spiro atoms. The van der Waals surface area contributed by atoms with E-state index in [4.69, 9.17) is 5.73 Å². The van der Waals surface area contributed by atoms with Gasteiger partial charge in [-0.05, 0) is 30.3 Å². The highest BCUT2D eigenvalue weighted by atomic mass is 32.2. The Labute approximate surface area is 90.8 Å². The highest BCUT2D eigenvalue weighted by Crippen LogP contribution is 2.10. The Kier molecular flexibility index (Phi) is 7.99. The lowest BCUT2D eigenvalue weighted by Crippen LogP contribution is -2.32. The van der Waals surface area contributed by atoms with Crippen molar-refractivity contribution in [1.29, 1.82) is 0 Å². The van der Waals surface area contributed by atoms with E-state index in [-0.39, 0.29) is 5.97 Å². The number of ether oxygens (including phenoxy) is 1. The van der Waals surface area contributed by atoms with E-state index in [1.54, 1.807) is 0 Å². The maximum atomic E-state index is 10.9. The summed E-state index contributed by atoms with van der Waals surface area (Å²) in [6.45, 7) is 4.42. The maximum Gasteiger partial charge on any atom is 0.322 e. The Hall–Kier alpha value is -0.220. The van der Waals surface area contributed by atoms with Crippen LogP contribution in [0.5, 0.6) is 0 Å². The van der Waals surface area contributed by atoms with Gasteiger partial charge in [0.15, 0.2) is 0 Å². The molecule has 0 aliphatic carbocycles. The van der Waals surface area contributed by atoms with Crippen molar-refractivity contribution < 1.29 is 9.53 Å². The molecule has 84 valence electrons. The number of methoxy groups -OCH3 is 1. The quantitative estimate of drug-likeness (QED) is 0.522. The lowest BCUT2D eigenvalue weighted by atomic mass is 10.2. The van der Waals surface area contributed by atoms with Crippen LogP contribution in [-0.2, 0) is 9.53 Å². The lowest BCUT2D eigenvalue weighted by Gasteiger charge is -2.09. The zero-order valence-electron chi connectivity index (χ0n) is 9.29. The van der Waals surface area contributed by atoms with Crippen LogP contribution < -0.4 is 5.73 Å². The third-order valence-electron chi connectivity index (χ3n) is 1.92. The minimum absolute atomic E-state index is 0.311. The molecule has 3 nitrogen and oxygen atoms in total. The summed E-state index contributed by atoms with van der Waals surface area (Å²) in [6, 6.07) is -0.452. The second-order valence-electron chi connectivity index (χ2n) is 3.71. The first kappa shape index (κ1) is 13.8. The molecule has 0 fully saturated rings. The molecule has 0 aromatic heterocycles. The van der Waals surface area contributed by atoms with Crippen LogP contribution in [0.2, 0.25) is 0 Å². The number of carbonyl (C=O) groups is 1. The topological polar surface area (TPSA) is 52.3 Å². The zero-order chi connectivity index (χ0) is 11.0. The number of esters is 1. The first-order valence-electron chi connectivity index (χ1n) is 4.99. The maximum absolute atomic E-state index is 10.9. The van der Waals surface area contributed by atoms with Crippen LogP contribution in [0.1, 0.15) is 26.7 Å². The largest absolute Gasteiger partial charge is 0.468 e. The third kappa shape index (κ3) is 7.21. The number of carbonyl (C=O) groups excluding carboxylic acids is 1. The Morgan fingerprint density at radius 3 is 2.43 bits per heavy atom. The molecule has 0 radical (unpaired) electrons. The number of thioether (sulfide) groups is 1. The Bertz CT molecular complexity index is 162. The molecule has 1 unspecified atom stereocenters. The van der Waals surface area contributed by atoms with Gasteiger partial charge in [0.1, 0.15) is 6.04 Å². The van der Waals surface area contributed by atoms with Crippen molar-refractivity contribution in [2.24, 2.45) is 11.7 Å². The fraction of sp³-hybridized carbons (Fsp3) is 0.900. The number of hydrogen-bond donors (Lipinski definition) is 1. The molecule has 4 heteroatoms. The molecule has 0 bridgehead atoms. The van der Waals surface area contributed by atoms with Crippen LogP contribution in [0.3, 0.4) is 0 Å². The number of nitrogens with two attached hydrogens (primary N) is 1. The van der Waals surface area contributed by atoms with Crippen molar-refractivity contribution in [3.8, 4) is 0 Å². The first-order valence-corrected chi connectivity index (χ1v) is 6.14. The van der Waals surface area contributed by atoms with Crippen molar-refractivity contribution in [3.63, 3.8) is 0 Å². The van der Waals surface area contributed by atoms with Crippen molar-refractivity contribution in [3.05, 3.63) is 0 Å². The lowest BCUT2D eigenvalue weighted by molar-refractivity contribution is -0.142. The summed E-state index contributed by atoms with van der Waals surface area (Å²) >= 11 is 1.85. The van der Waals surface area contributed by atoms with Gasteiger partial charge in [-0.15, -0.1) is 0 Å². The summed E-state index contributed by atoms with van der Waals surface area (Å²) in [4.78, 5) is 10.9. The fourth-order valence-corrected chi connectivity index (χ4v) is 2.16. The van der Waals surface area contributed by atoms with E-state index in [1.807, 2.05) is 11.8 Å². The van der Waals surface area contributed by atoms with E-state index < -0.39 is 6.04 Å². The Morgan fingerprint density at radius 2 is 1.93 bits per heavy atom. The van der Waals surface area contributed by atoms with Gasteiger partial charge in [-0.3, -0.25) is 4.79 Å². The van der Waals surface area contributed by atoms with Crippen LogP contribution in [0, 0.1) is 5.92 Å². The predicted octanol–water partition coefficient (Wildman–Crippen LogP) is 1.66. The van der Waals surface area contributed by atoms with Gasteiger partial charge in [0.25, 0.3) is 0 Å². The van der Waals surface area contributed by atoms with Crippen LogP contribution >= 0.6 is 11.8 Å². The summed E-state index contributed by atoms with van der Waals surface area (Å²) in [5.41, 5.74) is 5.58. The third-order valence-corrected chi connectivity index (χ3v) is 2.97. The normalized spacial score (nSPS) is 12.9. The van der Waals surface area contributed by atoms with Crippen LogP contribution in [0.25, 0.3) is 0 Å². The van der Waals surface area contributed by atoms with E-state index in [0.717, 1.165) is 17.4 Å². The Balaban J connectivity index is 3.31. The first-order chi connectivity index (χ1) is 6.57. The van der Waals surface area contributed by atoms with Crippen molar-refractivity contribution in [1.82, 2.24) is 0 Å². The van der Waals surface area contributed by atoms with Gasteiger partial charge >= 0.3 is 5.97 Å². The summed E-state index contributed by atoms with van der Waals surface area (Å²) < 4.78 is 4.53. The van der Waals surface area contributed by atoms with E-state index in [2.05, 4.69) is 18.6 Å².